The molecule has 0 heterocycles. The average Bonchev–Trinajstić information content (AvgIpc) is 2.44. The van der Waals surface area contributed by atoms with Crippen LogP contribution in [0.5, 0.6) is 0 Å². The molecule has 4 heteroatoms. The van der Waals surface area contributed by atoms with Crippen molar-refractivity contribution in [1.29, 1.82) is 0 Å². The number of unbranched alkanes of at least 4 members (excludes halogenated alkanes) is 1. The maximum absolute atomic E-state index is 10.4. The molecular formula is C16H26O3Se. The first-order valence-electron chi connectivity index (χ1n) is 7.36. The Hall–Kier alpha value is -0.381. The van der Waals surface area contributed by atoms with E-state index in [1.165, 1.54) is 4.46 Å². The number of benzene rings is 1. The van der Waals surface area contributed by atoms with Gasteiger partial charge < -0.3 is 0 Å². The second-order valence-corrected chi connectivity index (χ2v) is 7.83. The van der Waals surface area contributed by atoms with E-state index < -0.39 is 12.2 Å². The fourth-order valence-corrected chi connectivity index (χ4v) is 4.66. The molecule has 0 unspecified atom stereocenters. The standard InChI is InChI=1S/C16H26O3Se/c1-2-3-9-16(15(19)12-13(18)10-11-17)20-14-7-5-4-6-8-14/h4-8,13,15-19H,2-3,9-12H2,1H3/t13-,15-,16-/m1/s1. The quantitative estimate of drug-likeness (QED) is 0.563. The van der Waals surface area contributed by atoms with Gasteiger partial charge in [0.15, 0.2) is 0 Å². The molecular weight excluding hydrogens is 319 g/mol. The molecule has 1 aromatic carbocycles. The number of hydrogen-bond acceptors (Lipinski definition) is 3. The van der Waals surface area contributed by atoms with Gasteiger partial charge in [0.25, 0.3) is 0 Å². The number of rotatable bonds is 10. The molecule has 0 aliphatic heterocycles. The van der Waals surface area contributed by atoms with E-state index in [1.807, 2.05) is 18.2 Å². The van der Waals surface area contributed by atoms with Crippen molar-refractivity contribution in [2.24, 2.45) is 0 Å². The Morgan fingerprint density at radius 3 is 2.40 bits per heavy atom. The molecule has 0 bridgehead atoms. The van der Waals surface area contributed by atoms with Gasteiger partial charge in [-0.2, -0.15) is 0 Å². The zero-order chi connectivity index (χ0) is 14.8. The minimum absolute atomic E-state index is 0.0304. The summed E-state index contributed by atoms with van der Waals surface area (Å²) in [5.41, 5.74) is 0. The average molecular weight is 345 g/mol. The third kappa shape index (κ3) is 6.87. The molecule has 0 amide bonds. The number of aliphatic hydroxyl groups excluding tert-OH is 3. The molecule has 0 aromatic heterocycles. The zero-order valence-corrected chi connectivity index (χ0v) is 13.8. The molecule has 0 radical (unpaired) electrons. The molecule has 0 aliphatic rings. The third-order valence-corrected chi connectivity index (χ3v) is 6.21. The molecule has 0 saturated heterocycles. The van der Waals surface area contributed by atoms with Crippen LogP contribution < -0.4 is 4.46 Å². The van der Waals surface area contributed by atoms with E-state index in [-0.39, 0.29) is 26.4 Å². The molecule has 0 aliphatic carbocycles. The Balaban J connectivity index is 2.58. The van der Waals surface area contributed by atoms with Crippen molar-refractivity contribution in [3.05, 3.63) is 30.3 Å². The van der Waals surface area contributed by atoms with Crippen molar-refractivity contribution < 1.29 is 15.3 Å². The van der Waals surface area contributed by atoms with Gasteiger partial charge in [0, 0.05) is 0 Å². The summed E-state index contributed by atoms with van der Waals surface area (Å²) < 4.78 is 1.29. The van der Waals surface area contributed by atoms with Crippen LogP contribution >= 0.6 is 0 Å². The van der Waals surface area contributed by atoms with Crippen LogP contribution in [-0.4, -0.2) is 49.1 Å². The van der Waals surface area contributed by atoms with Crippen LogP contribution in [-0.2, 0) is 0 Å². The van der Waals surface area contributed by atoms with Crippen molar-refractivity contribution >= 4 is 19.4 Å². The Labute approximate surface area is 128 Å². The van der Waals surface area contributed by atoms with Gasteiger partial charge in [-0.3, -0.25) is 0 Å². The van der Waals surface area contributed by atoms with Crippen molar-refractivity contribution in [3.63, 3.8) is 0 Å². The molecule has 1 rings (SSSR count). The Morgan fingerprint density at radius 2 is 1.80 bits per heavy atom. The fourth-order valence-electron chi connectivity index (χ4n) is 2.11. The van der Waals surface area contributed by atoms with Crippen molar-refractivity contribution in [2.75, 3.05) is 6.61 Å². The van der Waals surface area contributed by atoms with Crippen LogP contribution in [0.2, 0.25) is 4.82 Å². The number of aliphatic hydroxyl groups is 3. The molecule has 1 aromatic rings. The van der Waals surface area contributed by atoms with Crippen LogP contribution in [0.1, 0.15) is 39.0 Å². The normalized spacial score (nSPS) is 15.8. The van der Waals surface area contributed by atoms with Crippen LogP contribution in [0.15, 0.2) is 30.3 Å². The summed E-state index contributed by atoms with van der Waals surface area (Å²) in [6.07, 6.45) is 2.84. The molecule has 3 nitrogen and oxygen atoms in total. The Morgan fingerprint density at radius 1 is 1.10 bits per heavy atom. The summed E-state index contributed by atoms with van der Waals surface area (Å²) in [6.45, 7) is 2.12. The van der Waals surface area contributed by atoms with E-state index in [0.29, 0.717) is 12.8 Å². The number of hydrogen-bond donors (Lipinski definition) is 3. The van der Waals surface area contributed by atoms with E-state index in [1.54, 1.807) is 0 Å². The second-order valence-electron chi connectivity index (χ2n) is 5.08. The van der Waals surface area contributed by atoms with Crippen LogP contribution in [0.25, 0.3) is 0 Å². The van der Waals surface area contributed by atoms with Crippen LogP contribution in [0.3, 0.4) is 0 Å². The van der Waals surface area contributed by atoms with Crippen LogP contribution in [0, 0.1) is 0 Å². The predicted octanol–water partition coefficient (Wildman–Crippen LogP) is 1.49. The van der Waals surface area contributed by atoms with Crippen molar-refractivity contribution in [1.82, 2.24) is 0 Å². The summed E-state index contributed by atoms with van der Waals surface area (Å²) in [4.78, 5) is 0.234. The molecule has 0 spiro atoms. The van der Waals surface area contributed by atoms with E-state index in [9.17, 15) is 10.2 Å². The molecule has 3 atom stereocenters. The summed E-state index contributed by atoms with van der Waals surface area (Å²) >= 11 is 0.217. The summed E-state index contributed by atoms with van der Waals surface area (Å²) in [5, 5.41) is 28.9. The van der Waals surface area contributed by atoms with Gasteiger partial charge in [0.05, 0.1) is 0 Å². The third-order valence-electron chi connectivity index (χ3n) is 3.28. The van der Waals surface area contributed by atoms with Gasteiger partial charge in [-0.15, -0.1) is 0 Å². The van der Waals surface area contributed by atoms with E-state index in [4.69, 9.17) is 5.11 Å². The van der Waals surface area contributed by atoms with Gasteiger partial charge >= 0.3 is 128 Å². The molecule has 20 heavy (non-hydrogen) atoms. The molecule has 3 N–H and O–H groups in total. The van der Waals surface area contributed by atoms with E-state index >= 15 is 0 Å². The SMILES string of the molecule is CCCC[C@@H]([Se]c1ccccc1)[C@H](O)C[C@H](O)CCO. The fraction of sp³-hybridized carbons (Fsp3) is 0.625. The first kappa shape index (κ1) is 17.7. The van der Waals surface area contributed by atoms with E-state index in [2.05, 4.69) is 19.1 Å². The summed E-state index contributed by atoms with van der Waals surface area (Å²) in [5.74, 6) is 0. The molecule has 114 valence electrons. The maximum atomic E-state index is 10.4. The first-order valence-corrected chi connectivity index (χ1v) is 9.20. The Kier molecular flexibility index (Phi) is 9.15. The molecule has 0 saturated carbocycles. The van der Waals surface area contributed by atoms with Gasteiger partial charge in [-0.1, -0.05) is 0 Å². The summed E-state index contributed by atoms with van der Waals surface area (Å²) in [7, 11) is 0. The monoisotopic (exact) mass is 346 g/mol. The van der Waals surface area contributed by atoms with Crippen molar-refractivity contribution in [3.8, 4) is 0 Å². The second kappa shape index (κ2) is 10.4. The first-order chi connectivity index (χ1) is 9.67. The molecule has 0 fully saturated rings. The zero-order valence-electron chi connectivity index (χ0n) is 12.1. The Bertz CT molecular complexity index is 345. The van der Waals surface area contributed by atoms with Gasteiger partial charge in [0.2, 0.25) is 0 Å². The van der Waals surface area contributed by atoms with Gasteiger partial charge in [-0.05, 0) is 0 Å². The van der Waals surface area contributed by atoms with Crippen LogP contribution in [0.4, 0.5) is 0 Å². The van der Waals surface area contributed by atoms with Crippen molar-refractivity contribution in [2.45, 2.75) is 56.1 Å². The van der Waals surface area contributed by atoms with Gasteiger partial charge in [-0.25, -0.2) is 0 Å². The topological polar surface area (TPSA) is 60.7 Å². The van der Waals surface area contributed by atoms with E-state index in [0.717, 1.165) is 19.3 Å². The predicted molar refractivity (Wildman–Crippen MR) is 83.4 cm³/mol. The minimum atomic E-state index is -0.606. The van der Waals surface area contributed by atoms with Gasteiger partial charge in [0.1, 0.15) is 0 Å². The summed E-state index contributed by atoms with van der Waals surface area (Å²) in [6, 6.07) is 10.3.